The highest BCUT2D eigenvalue weighted by Gasteiger charge is 2.07. The molecule has 0 aliphatic carbocycles. The molecule has 112 valence electrons. The number of benzene rings is 1. The van der Waals surface area contributed by atoms with Crippen molar-refractivity contribution in [2.24, 2.45) is 0 Å². The van der Waals surface area contributed by atoms with Crippen molar-refractivity contribution < 1.29 is 4.74 Å². The van der Waals surface area contributed by atoms with Crippen LogP contribution in [0, 0.1) is 0 Å². The molecule has 0 bridgehead atoms. The first kappa shape index (κ1) is 15.9. The highest BCUT2D eigenvalue weighted by atomic mass is 35.5. The molecule has 0 radical (unpaired) electrons. The van der Waals surface area contributed by atoms with Crippen LogP contribution in [-0.2, 0) is 6.42 Å². The first-order valence-corrected chi connectivity index (χ1v) is 7.62. The first-order chi connectivity index (χ1) is 10.1. The molecule has 0 unspecified atom stereocenters. The number of hydrogen-bond donors (Lipinski definition) is 1. The van der Waals surface area contributed by atoms with Crippen LogP contribution in [0.1, 0.15) is 26.1 Å². The Bertz CT molecular complexity index is 600. The van der Waals surface area contributed by atoms with E-state index in [9.17, 15) is 0 Å². The molecule has 0 aliphatic heterocycles. The van der Waals surface area contributed by atoms with E-state index in [4.69, 9.17) is 27.9 Å². The molecule has 0 saturated carbocycles. The lowest BCUT2D eigenvalue weighted by atomic mass is 10.3. The van der Waals surface area contributed by atoms with E-state index in [2.05, 4.69) is 22.2 Å². The number of hydrogen-bond acceptors (Lipinski definition) is 4. The molecule has 0 atom stereocenters. The van der Waals surface area contributed by atoms with Crippen molar-refractivity contribution in [1.82, 2.24) is 9.97 Å². The Kier molecular flexibility index (Phi) is 5.65. The lowest BCUT2D eigenvalue weighted by molar-refractivity contribution is 0.459. The molecule has 0 spiro atoms. The Labute approximate surface area is 134 Å². The molecule has 0 aliphatic rings. The maximum Gasteiger partial charge on any atom is 0.224 e. The molecular formula is C15H17Cl2N3O. The average Bonchev–Trinajstić information content (AvgIpc) is 2.43. The third-order valence-electron chi connectivity index (χ3n) is 2.68. The number of aryl methyl sites for hydroxylation is 1. The van der Waals surface area contributed by atoms with Gasteiger partial charge in [-0.2, -0.15) is 4.98 Å². The maximum atomic E-state index is 5.97. The van der Waals surface area contributed by atoms with Crippen molar-refractivity contribution >= 4 is 29.0 Å². The number of aromatic nitrogens is 2. The van der Waals surface area contributed by atoms with Gasteiger partial charge in [0.15, 0.2) is 0 Å². The topological polar surface area (TPSA) is 47.0 Å². The van der Waals surface area contributed by atoms with Gasteiger partial charge in [0.25, 0.3) is 0 Å². The second-order valence-electron chi connectivity index (χ2n) is 4.50. The summed E-state index contributed by atoms with van der Waals surface area (Å²) in [5.74, 6) is 2.50. The highest BCUT2D eigenvalue weighted by molar-refractivity contribution is 6.34. The summed E-state index contributed by atoms with van der Waals surface area (Å²) in [6.07, 6.45) is 1.75. The number of nitrogens with one attached hydrogen (secondary N) is 1. The molecular weight excluding hydrogens is 309 g/mol. The Morgan fingerprint density at radius 1 is 1.05 bits per heavy atom. The summed E-state index contributed by atoms with van der Waals surface area (Å²) >= 11 is 11.9. The summed E-state index contributed by atoms with van der Waals surface area (Å²) < 4.78 is 5.74. The van der Waals surface area contributed by atoms with Crippen LogP contribution < -0.4 is 10.1 Å². The van der Waals surface area contributed by atoms with Gasteiger partial charge >= 0.3 is 0 Å². The fourth-order valence-electron chi connectivity index (χ4n) is 1.73. The molecule has 1 aromatic heterocycles. The number of anilines is 1. The average molecular weight is 326 g/mol. The molecule has 21 heavy (non-hydrogen) atoms. The van der Waals surface area contributed by atoms with E-state index in [-0.39, 0.29) is 0 Å². The predicted octanol–water partition coefficient (Wildman–Crippen LogP) is 4.96. The van der Waals surface area contributed by atoms with Gasteiger partial charge in [-0.25, -0.2) is 4.98 Å². The minimum atomic E-state index is 0.471. The minimum Gasteiger partial charge on any atom is -0.439 e. The molecule has 2 rings (SSSR count). The molecule has 6 heteroatoms. The number of rotatable bonds is 6. The molecule has 0 saturated heterocycles. The van der Waals surface area contributed by atoms with E-state index < -0.39 is 0 Å². The van der Waals surface area contributed by atoms with Crippen molar-refractivity contribution in [2.75, 3.05) is 11.9 Å². The zero-order chi connectivity index (χ0) is 15.2. The lowest BCUT2D eigenvalue weighted by Gasteiger charge is -2.10. The fraction of sp³-hybridized carbons (Fsp3) is 0.333. The summed E-state index contributed by atoms with van der Waals surface area (Å²) in [6, 6.07) is 6.81. The van der Waals surface area contributed by atoms with Crippen LogP contribution in [0.25, 0.3) is 0 Å². The molecule has 1 N–H and O–H groups in total. The monoisotopic (exact) mass is 325 g/mol. The van der Waals surface area contributed by atoms with Gasteiger partial charge in [-0.3, -0.25) is 0 Å². The zero-order valence-corrected chi connectivity index (χ0v) is 13.5. The summed E-state index contributed by atoms with van der Waals surface area (Å²) in [4.78, 5) is 8.77. The van der Waals surface area contributed by atoms with Crippen LogP contribution in [0.3, 0.4) is 0 Å². The van der Waals surface area contributed by atoms with Crippen molar-refractivity contribution in [3.63, 3.8) is 0 Å². The first-order valence-electron chi connectivity index (χ1n) is 6.86. The van der Waals surface area contributed by atoms with Gasteiger partial charge in [0.05, 0.1) is 0 Å². The van der Waals surface area contributed by atoms with E-state index in [0.717, 1.165) is 31.0 Å². The normalized spacial score (nSPS) is 10.5. The third kappa shape index (κ3) is 4.76. The van der Waals surface area contributed by atoms with Crippen molar-refractivity contribution in [3.05, 3.63) is 40.1 Å². The van der Waals surface area contributed by atoms with Crippen LogP contribution >= 0.6 is 23.2 Å². The second-order valence-corrected chi connectivity index (χ2v) is 5.37. The number of halogens is 2. The molecule has 4 nitrogen and oxygen atoms in total. The summed E-state index contributed by atoms with van der Waals surface area (Å²) in [7, 11) is 0. The smallest absolute Gasteiger partial charge is 0.224 e. The zero-order valence-electron chi connectivity index (χ0n) is 12.0. The quantitative estimate of drug-likeness (QED) is 0.815. The number of nitrogens with zero attached hydrogens (tertiary/aromatic N) is 2. The van der Waals surface area contributed by atoms with E-state index >= 15 is 0 Å². The minimum absolute atomic E-state index is 0.471. The maximum absolute atomic E-state index is 5.97. The molecule has 2 aromatic rings. The Balaban J connectivity index is 2.25. The van der Waals surface area contributed by atoms with Gasteiger partial charge in [0, 0.05) is 29.1 Å². The van der Waals surface area contributed by atoms with E-state index in [1.54, 1.807) is 24.3 Å². The van der Waals surface area contributed by atoms with Gasteiger partial charge in [-0.15, -0.1) is 0 Å². The van der Waals surface area contributed by atoms with Crippen LogP contribution in [0.2, 0.25) is 10.0 Å². The van der Waals surface area contributed by atoms with Gasteiger partial charge in [0.1, 0.15) is 17.4 Å². The van der Waals surface area contributed by atoms with Gasteiger partial charge in [-0.05, 0) is 24.6 Å². The standard InChI is InChI=1S/C15H17Cl2N3O/c1-3-5-18-14-9-15(20-13(4-2)19-14)21-12-7-10(16)6-11(17)8-12/h6-9H,3-5H2,1-2H3,(H,18,19,20). The largest absolute Gasteiger partial charge is 0.439 e. The van der Waals surface area contributed by atoms with Crippen LogP contribution in [0.15, 0.2) is 24.3 Å². The van der Waals surface area contributed by atoms with Crippen LogP contribution in [-0.4, -0.2) is 16.5 Å². The van der Waals surface area contributed by atoms with Crippen molar-refractivity contribution in [1.29, 1.82) is 0 Å². The molecule has 0 amide bonds. The summed E-state index contributed by atoms with van der Waals surface area (Å²) in [5, 5.41) is 4.27. The van der Waals surface area contributed by atoms with E-state index in [1.165, 1.54) is 0 Å². The number of ether oxygens (including phenoxy) is 1. The van der Waals surface area contributed by atoms with Gasteiger partial charge in [0.2, 0.25) is 5.88 Å². The summed E-state index contributed by atoms with van der Waals surface area (Å²) in [6.45, 7) is 4.95. The van der Waals surface area contributed by atoms with Crippen LogP contribution in [0.4, 0.5) is 5.82 Å². The predicted molar refractivity (Wildman–Crippen MR) is 86.7 cm³/mol. The second kappa shape index (κ2) is 7.48. The lowest BCUT2D eigenvalue weighted by Crippen LogP contribution is -2.05. The highest BCUT2D eigenvalue weighted by Crippen LogP contribution is 2.28. The van der Waals surface area contributed by atoms with Gasteiger partial charge < -0.3 is 10.1 Å². The van der Waals surface area contributed by atoms with Crippen LogP contribution in [0.5, 0.6) is 11.6 Å². The molecule has 0 fully saturated rings. The summed E-state index contributed by atoms with van der Waals surface area (Å²) in [5.41, 5.74) is 0. The van der Waals surface area contributed by atoms with E-state index in [1.807, 2.05) is 6.92 Å². The van der Waals surface area contributed by atoms with E-state index in [0.29, 0.717) is 21.7 Å². The molecule has 1 heterocycles. The fourth-order valence-corrected chi connectivity index (χ4v) is 2.24. The Morgan fingerprint density at radius 3 is 2.38 bits per heavy atom. The van der Waals surface area contributed by atoms with Gasteiger partial charge in [-0.1, -0.05) is 37.0 Å². The van der Waals surface area contributed by atoms with Crippen molar-refractivity contribution in [3.8, 4) is 11.6 Å². The molecule has 1 aromatic carbocycles. The third-order valence-corrected chi connectivity index (χ3v) is 3.12. The Morgan fingerprint density at radius 2 is 1.76 bits per heavy atom. The van der Waals surface area contributed by atoms with Crippen molar-refractivity contribution in [2.45, 2.75) is 26.7 Å². The SMILES string of the molecule is CCCNc1cc(Oc2cc(Cl)cc(Cl)c2)nc(CC)n1. The Hall–Kier alpha value is -1.52.